The van der Waals surface area contributed by atoms with Crippen LogP contribution in [-0.2, 0) is 0 Å². The standard InChI is InChI=1S/C57H36N4O/c1-4-15-37(16-5-1)38-27-29-41(30-28-38)56-58-55(40-19-8-3-9-20-40)59-57(60-56)49-34-32-43(36-50(49)39-17-6-2-7-18-39)61-51-25-12-10-21-45(51)46-33-31-42(35-52(46)61)44-23-14-24-48-47-22-11-13-26-53(47)62-54(44)48/h1-36H. The number of hydrogen-bond donors (Lipinski definition) is 0. The molecule has 62 heavy (non-hydrogen) atoms. The van der Waals surface area contributed by atoms with Gasteiger partial charge in [-0.1, -0.05) is 182 Å². The van der Waals surface area contributed by atoms with Crippen LogP contribution in [0.3, 0.4) is 0 Å². The smallest absolute Gasteiger partial charge is 0.164 e. The normalized spacial score (nSPS) is 11.5. The third kappa shape index (κ3) is 6.06. The average Bonchev–Trinajstić information content (AvgIpc) is 3.90. The minimum absolute atomic E-state index is 0.606. The van der Waals surface area contributed by atoms with Crippen LogP contribution in [0.4, 0.5) is 0 Å². The van der Waals surface area contributed by atoms with Crippen molar-refractivity contribution >= 4 is 43.7 Å². The lowest BCUT2D eigenvalue weighted by atomic mass is 9.98. The molecule has 0 spiro atoms. The molecule has 9 aromatic carbocycles. The summed E-state index contributed by atoms with van der Waals surface area (Å²) in [5.74, 6) is 1.84. The number of nitrogens with zero attached hydrogens (tertiary/aromatic N) is 4. The molecule has 0 atom stereocenters. The number of furan rings is 1. The lowest BCUT2D eigenvalue weighted by Gasteiger charge is -2.16. The first-order chi connectivity index (χ1) is 30.7. The fraction of sp³-hybridized carbons (Fsp3) is 0. The minimum atomic E-state index is 0.606. The van der Waals surface area contributed by atoms with Crippen LogP contribution in [0.15, 0.2) is 223 Å². The van der Waals surface area contributed by atoms with Gasteiger partial charge in [0.15, 0.2) is 17.5 Å². The van der Waals surface area contributed by atoms with Crippen LogP contribution in [0.2, 0.25) is 0 Å². The zero-order valence-corrected chi connectivity index (χ0v) is 33.5. The molecule has 5 heteroatoms. The zero-order valence-electron chi connectivity index (χ0n) is 33.5. The molecule has 0 saturated carbocycles. The van der Waals surface area contributed by atoms with Crippen molar-refractivity contribution in [3.8, 4) is 73.2 Å². The highest BCUT2D eigenvalue weighted by molar-refractivity contribution is 6.13. The van der Waals surface area contributed by atoms with Crippen LogP contribution in [-0.4, -0.2) is 19.5 Å². The van der Waals surface area contributed by atoms with E-state index in [1.165, 1.54) is 10.8 Å². The summed E-state index contributed by atoms with van der Waals surface area (Å²) in [5.41, 5.74) is 14.4. The SMILES string of the molecule is c1ccc(-c2ccc(-c3nc(-c4ccccc4)nc(-c4ccc(-n5c6ccccc6c6ccc(-c7cccc8c7oc7ccccc78)cc65)cc4-c4ccccc4)n3)cc2)cc1. The highest BCUT2D eigenvalue weighted by atomic mass is 16.3. The van der Waals surface area contributed by atoms with Crippen molar-refractivity contribution in [3.63, 3.8) is 0 Å². The van der Waals surface area contributed by atoms with E-state index in [-0.39, 0.29) is 0 Å². The summed E-state index contributed by atoms with van der Waals surface area (Å²) in [5, 5.41) is 4.60. The second kappa shape index (κ2) is 14.7. The van der Waals surface area contributed by atoms with Crippen molar-refractivity contribution in [2.75, 3.05) is 0 Å². The molecular formula is C57H36N4O. The number of hydrogen-bond acceptors (Lipinski definition) is 4. The summed E-state index contributed by atoms with van der Waals surface area (Å²) < 4.78 is 8.90. The Bertz CT molecular complexity index is 3610. The third-order valence-corrected chi connectivity index (χ3v) is 11.9. The van der Waals surface area contributed by atoms with Crippen LogP contribution in [0.5, 0.6) is 0 Å². The zero-order chi connectivity index (χ0) is 41.0. The summed E-state index contributed by atoms with van der Waals surface area (Å²) in [4.78, 5) is 15.5. The lowest BCUT2D eigenvalue weighted by Crippen LogP contribution is -2.02. The van der Waals surface area contributed by atoms with Crippen LogP contribution in [0.1, 0.15) is 0 Å². The highest BCUT2D eigenvalue weighted by Gasteiger charge is 2.20. The first kappa shape index (κ1) is 35.5. The van der Waals surface area contributed by atoms with Gasteiger partial charge < -0.3 is 8.98 Å². The van der Waals surface area contributed by atoms with Crippen molar-refractivity contribution in [1.82, 2.24) is 19.5 Å². The van der Waals surface area contributed by atoms with E-state index in [2.05, 4.69) is 174 Å². The Morgan fingerprint density at radius 2 is 0.855 bits per heavy atom. The monoisotopic (exact) mass is 792 g/mol. The average molecular weight is 793 g/mol. The van der Waals surface area contributed by atoms with Gasteiger partial charge in [-0.05, 0) is 64.2 Å². The van der Waals surface area contributed by atoms with Crippen molar-refractivity contribution < 1.29 is 4.42 Å². The topological polar surface area (TPSA) is 56.7 Å². The van der Waals surface area contributed by atoms with Gasteiger partial charge in [-0.2, -0.15) is 0 Å². The molecule has 3 heterocycles. The molecule has 0 unspecified atom stereocenters. The number of benzene rings is 9. The van der Waals surface area contributed by atoms with Gasteiger partial charge in [-0.25, -0.2) is 15.0 Å². The molecule has 3 aromatic heterocycles. The van der Waals surface area contributed by atoms with Crippen molar-refractivity contribution in [3.05, 3.63) is 218 Å². The summed E-state index contributed by atoms with van der Waals surface area (Å²) in [6.07, 6.45) is 0. The van der Waals surface area contributed by atoms with Crippen LogP contribution < -0.4 is 0 Å². The van der Waals surface area contributed by atoms with Gasteiger partial charge in [0.25, 0.3) is 0 Å². The van der Waals surface area contributed by atoms with Crippen molar-refractivity contribution in [2.24, 2.45) is 0 Å². The van der Waals surface area contributed by atoms with Crippen molar-refractivity contribution in [2.45, 2.75) is 0 Å². The predicted molar refractivity (Wildman–Crippen MR) is 254 cm³/mol. The van der Waals surface area contributed by atoms with Gasteiger partial charge in [-0.15, -0.1) is 0 Å². The minimum Gasteiger partial charge on any atom is -0.455 e. The number of aromatic nitrogens is 4. The Hall–Kier alpha value is -8.41. The molecule has 12 aromatic rings. The van der Waals surface area contributed by atoms with Gasteiger partial charge in [0.1, 0.15) is 11.2 Å². The first-order valence-corrected chi connectivity index (χ1v) is 20.8. The third-order valence-electron chi connectivity index (χ3n) is 11.9. The van der Waals surface area contributed by atoms with Gasteiger partial charge >= 0.3 is 0 Å². The van der Waals surface area contributed by atoms with E-state index in [0.717, 1.165) is 88.7 Å². The molecule has 290 valence electrons. The van der Waals surface area contributed by atoms with Crippen LogP contribution in [0.25, 0.3) is 117 Å². The Kier molecular flexibility index (Phi) is 8.42. The summed E-state index contributed by atoms with van der Waals surface area (Å²) in [6, 6.07) is 76.3. The molecule has 0 saturated heterocycles. The fourth-order valence-corrected chi connectivity index (χ4v) is 8.90. The van der Waals surface area contributed by atoms with E-state index in [0.29, 0.717) is 17.5 Å². The van der Waals surface area contributed by atoms with E-state index >= 15 is 0 Å². The van der Waals surface area contributed by atoms with Crippen molar-refractivity contribution in [1.29, 1.82) is 0 Å². The number of para-hydroxylation sites is 3. The van der Waals surface area contributed by atoms with E-state index in [9.17, 15) is 0 Å². The van der Waals surface area contributed by atoms with E-state index in [1.54, 1.807) is 0 Å². The molecule has 0 radical (unpaired) electrons. The molecule has 0 fully saturated rings. The summed E-state index contributed by atoms with van der Waals surface area (Å²) >= 11 is 0. The second-order valence-corrected chi connectivity index (χ2v) is 15.6. The van der Waals surface area contributed by atoms with Gasteiger partial charge in [0.2, 0.25) is 0 Å². The second-order valence-electron chi connectivity index (χ2n) is 15.6. The Balaban J connectivity index is 1.05. The first-order valence-electron chi connectivity index (χ1n) is 20.8. The Morgan fingerprint density at radius 3 is 1.61 bits per heavy atom. The maximum Gasteiger partial charge on any atom is 0.164 e. The summed E-state index contributed by atoms with van der Waals surface area (Å²) in [6.45, 7) is 0. The lowest BCUT2D eigenvalue weighted by molar-refractivity contribution is 0.670. The van der Waals surface area contributed by atoms with E-state index in [4.69, 9.17) is 19.4 Å². The Morgan fingerprint density at radius 1 is 0.306 bits per heavy atom. The molecule has 0 N–H and O–H groups in total. The molecule has 0 aliphatic heterocycles. The van der Waals surface area contributed by atoms with Gasteiger partial charge in [-0.3, -0.25) is 0 Å². The maximum absolute atomic E-state index is 6.52. The Labute approximate surface area is 357 Å². The van der Waals surface area contributed by atoms with E-state index in [1.807, 2.05) is 48.5 Å². The van der Waals surface area contributed by atoms with Gasteiger partial charge in [0, 0.05) is 49.5 Å². The molecular weight excluding hydrogens is 757 g/mol. The van der Waals surface area contributed by atoms with Crippen LogP contribution in [0, 0.1) is 0 Å². The molecule has 5 nitrogen and oxygen atoms in total. The maximum atomic E-state index is 6.52. The molecule has 0 amide bonds. The molecule has 12 rings (SSSR count). The molecule has 0 bridgehead atoms. The largest absolute Gasteiger partial charge is 0.455 e. The number of fused-ring (bicyclic) bond motifs is 6. The molecule has 0 aliphatic rings. The highest BCUT2D eigenvalue weighted by Crippen LogP contribution is 2.41. The predicted octanol–water partition coefficient (Wildman–Crippen LogP) is 14.9. The fourth-order valence-electron chi connectivity index (χ4n) is 8.90. The number of rotatable bonds is 7. The quantitative estimate of drug-likeness (QED) is 0.161. The van der Waals surface area contributed by atoms with Gasteiger partial charge in [0.05, 0.1) is 11.0 Å². The summed E-state index contributed by atoms with van der Waals surface area (Å²) in [7, 11) is 0. The van der Waals surface area contributed by atoms with Crippen LogP contribution >= 0.6 is 0 Å². The van der Waals surface area contributed by atoms with E-state index < -0.39 is 0 Å². The molecule has 0 aliphatic carbocycles.